The van der Waals surface area contributed by atoms with Gasteiger partial charge in [0.25, 0.3) is 0 Å². The maximum Gasteiger partial charge on any atom is 0.246 e. The molecule has 0 atom stereocenters. The van der Waals surface area contributed by atoms with Crippen molar-refractivity contribution in [1.29, 1.82) is 0 Å². The smallest absolute Gasteiger partial charge is 0.246 e. The molecule has 1 amide bonds. The van der Waals surface area contributed by atoms with Crippen molar-refractivity contribution in [1.82, 2.24) is 4.90 Å². The van der Waals surface area contributed by atoms with Crippen molar-refractivity contribution in [2.75, 3.05) is 14.1 Å². The van der Waals surface area contributed by atoms with Crippen molar-refractivity contribution in [3.05, 3.63) is 41.0 Å². The average Bonchev–Trinajstić information content (AvgIpc) is 2.34. The number of rotatable bonds is 5. The molecular formula is C16H23NO. The van der Waals surface area contributed by atoms with E-state index in [1.165, 1.54) is 29.5 Å². The molecule has 0 spiro atoms. The third kappa shape index (κ3) is 4.02. The van der Waals surface area contributed by atoms with E-state index in [2.05, 4.69) is 32.0 Å². The molecule has 0 saturated carbocycles. The van der Waals surface area contributed by atoms with Crippen molar-refractivity contribution < 1.29 is 4.79 Å². The predicted molar refractivity (Wildman–Crippen MR) is 77.5 cm³/mol. The molecule has 98 valence electrons. The Kier molecular flexibility index (Phi) is 5.63. The highest BCUT2D eigenvalue weighted by Gasteiger charge is 2.04. The van der Waals surface area contributed by atoms with E-state index in [0.29, 0.717) is 0 Å². The van der Waals surface area contributed by atoms with Gasteiger partial charge in [0.05, 0.1) is 0 Å². The molecule has 0 heterocycles. The van der Waals surface area contributed by atoms with E-state index < -0.39 is 0 Å². The van der Waals surface area contributed by atoms with E-state index in [9.17, 15) is 4.79 Å². The number of carbonyl (C=O) groups excluding carboxylic acids is 1. The van der Waals surface area contributed by atoms with Crippen molar-refractivity contribution >= 4 is 12.0 Å². The summed E-state index contributed by atoms with van der Waals surface area (Å²) in [6.45, 7) is 4.29. The Hall–Kier alpha value is -1.57. The fourth-order valence-electron chi connectivity index (χ4n) is 1.87. The van der Waals surface area contributed by atoms with Crippen LogP contribution in [0.3, 0.4) is 0 Å². The Morgan fingerprint density at radius 2 is 2.06 bits per heavy atom. The largest absolute Gasteiger partial charge is 0.345 e. The lowest BCUT2D eigenvalue weighted by molar-refractivity contribution is -0.123. The minimum atomic E-state index is 0.0275. The van der Waals surface area contributed by atoms with Gasteiger partial charge in [-0.25, -0.2) is 0 Å². The van der Waals surface area contributed by atoms with Crippen LogP contribution in [-0.4, -0.2) is 24.9 Å². The van der Waals surface area contributed by atoms with E-state index >= 15 is 0 Å². The molecule has 1 aromatic carbocycles. The number of hydrogen-bond donors (Lipinski definition) is 0. The number of benzene rings is 1. The van der Waals surface area contributed by atoms with E-state index in [-0.39, 0.29) is 5.91 Å². The summed E-state index contributed by atoms with van der Waals surface area (Å²) >= 11 is 0. The molecule has 0 aliphatic carbocycles. The maximum absolute atomic E-state index is 11.6. The van der Waals surface area contributed by atoms with Crippen LogP contribution in [0, 0.1) is 6.92 Å². The lowest BCUT2D eigenvalue weighted by Gasteiger charge is -2.10. The summed E-state index contributed by atoms with van der Waals surface area (Å²) in [6, 6.07) is 6.34. The van der Waals surface area contributed by atoms with Gasteiger partial charge >= 0.3 is 0 Å². The summed E-state index contributed by atoms with van der Waals surface area (Å²) in [5, 5.41) is 0. The number of aryl methyl sites for hydroxylation is 2. The van der Waals surface area contributed by atoms with E-state index in [1.807, 2.05) is 6.08 Å². The zero-order valence-corrected chi connectivity index (χ0v) is 11.9. The molecule has 1 aromatic rings. The molecule has 0 N–H and O–H groups in total. The molecular weight excluding hydrogens is 222 g/mol. The molecule has 18 heavy (non-hydrogen) atoms. The molecule has 0 saturated heterocycles. The predicted octanol–water partition coefficient (Wildman–Crippen LogP) is 3.44. The molecule has 0 aliphatic heterocycles. The standard InChI is InChI=1S/C16H23NO/c1-5-6-9-14-10-7-8-13(2)15(14)11-12-16(18)17(3)4/h7-8,10-12H,5-6,9H2,1-4H3/b12-11+. The molecule has 2 heteroatoms. The van der Waals surface area contributed by atoms with Gasteiger partial charge in [0.2, 0.25) is 5.91 Å². The minimum absolute atomic E-state index is 0.0275. The van der Waals surface area contributed by atoms with Crippen molar-refractivity contribution in [3.63, 3.8) is 0 Å². The Bertz CT molecular complexity index is 433. The van der Waals surface area contributed by atoms with Gasteiger partial charge in [-0.2, -0.15) is 0 Å². The van der Waals surface area contributed by atoms with Gasteiger partial charge in [-0.1, -0.05) is 31.5 Å². The second-order valence-corrected chi connectivity index (χ2v) is 4.82. The van der Waals surface area contributed by atoms with Gasteiger partial charge in [-0.3, -0.25) is 4.79 Å². The van der Waals surface area contributed by atoms with Crippen LogP contribution in [0.4, 0.5) is 0 Å². The zero-order valence-electron chi connectivity index (χ0n) is 11.9. The molecule has 0 fully saturated rings. The SMILES string of the molecule is CCCCc1cccc(C)c1/C=C/C(=O)N(C)C. The fraction of sp³-hybridized carbons (Fsp3) is 0.438. The first-order valence-electron chi connectivity index (χ1n) is 6.54. The van der Waals surface area contributed by atoms with Gasteiger partial charge in [-0.05, 0) is 42.5 Å². The summed E-state index contributed by atoms with van der Waals surface area (Å²) in [4.78, 5) is 13.2. The van der Waals surface area contributed by atoms with Crippen LogP contribution in [0.25, 0.3) is 6.08 Å². The number of likely N-dealkylation sites (N-methyl/N-ethyl adjacent to an activating group) is 1. The third-order valence-corrected chi connectivity index (χ3v) is 3.05. The Labute approximate surface area is 110 Å². The van der Waals surface area contributed by atoms with Crippen LogP contribution in [-0.2, 0) is 11.2 Å². The van der Waals surface area contributed by atoms with Crippen molar-refractivity contribution in [2.24, 2.45) is 0 Å². The van der Waals surface area contributed by atoms with E-state index in [0.717, 1.165) is 6.42 Å². The molecule has 0 bridgehead atoms. The summed E-state index contributed by atoms with van der Waals surface area (Å²) in [5.41, 5.74) is 3.76. The van der Waals surface area contributed by atoms with Crippen LogP contribution in [0.2, 0.25) is 0 Å². The van der Waals surface area contributed by atoms with Gasteiger partial charge in [0.1, 0.15) is 0 Å². The Morgan fingerprint density at radius 3 is 2.67 bits per heavy atom. The summed E-state index contributed by atoms with van der Waals surface area (Å²) < 4.78 is 0. The third-order valence-electron chi connectivity index (χ3n) is 3.05. The van der Waals surface area contributed by atoms with Gasteiger partial charge < -0.3 is 4.90 Å². The molecule has 1 rings (SSSR count). The van der Waals surface area contributed by atoms with Gasteiger partial charge in [-0.15, -0.1) is 0 Å². The molecule has 0 radical (unpaired) electrons. The number of amides is 1. The monoisotopic (exact) mass is 245 g/mol. The van der Waals surface area contributed by atoms with E-state index in [1.54, 1.807) is 25.1 Å². The van der Waals surface area contributed by atoms with Gasteiger partial charge in [0.15, 0.2) is 0 Å². The second-order valence-electron chi connectivity index (χ2n) is 4.82. The number of unbranched alkanes of at least 4 members (excludes halogenated alkanes) is 1. The number of carbonyl (C=O) groups is 1. The fourth-order valence-corrected chi connectivity index (χ4v) is 1.87. The second kappa shape index (κ2) is 7.00. The zero-order chi connectivity index (χ0) is 13.5. The highest BCUT2D eigenvalue weighted by atomic mass is 16.2. The first kappa shape index (κ1) is 14.5. The van der Waals surface area contributed by atoms with Gasteiger partial charge in [0, 0.05) is 20.2 Å². The van der Waals surface area contributed by atoms with Crippen LogP contribution in [0.5, 0.6) is 0 Å². The normalized spacial score (nSPS) is 10.9. The lowest BCUT2D eigenvalue weighted by Crippen LogP contribution is -2.18. The average molecular weight is 245 g/mol. The number of nitrogens with zero attached hydrogens (tertiary/aromatic N) is 1. The minimum Gasteiger partial charge on any atom is -0.345 e. The topological polar surface area (TPSA) is 20.3 Å². The molecule has 0 unspecified atom stereocenters. The van der Waals surface area contributed by atoms with Crippen LogP contribution in [0.15, 0.2) is 24.3 Å². The van der Waals surface area contributed by atoms with Crippen LogP contribution < -0.4 is 0 Å². The van der Waals surface area contributed by atoms with Crippen LogP contribution >= 0.6 is 0 Å². The molecule has 0 aliphatic rings. The Balaban J connectivity index is 2.95. The maximum atomic E-state index is 11.6. The quantitative estimate of drug-likeness (QED) is 0.728. The van der Waals surface area contributed by atoms with E-state index in [4.69, 9.17) is 0 Å². The highest BCUT2D eigenvalue weighted by Crippen LogP contribution is 2.18. The molecule has 2 nitrogen and oxygen atoms in total. The molecule has 0 aromatic heterocycles. The van der Waals surface area contributed by atoms with Crippen molar-refractivity contribution in [2.45, 2.75) is 33.1 Å². The summed E-state index contributed by atoms with van der Waals surface area (Å²) in [5.74, 6) is 0.0275. The Morgan fingerprint density at radius 1 is 1.33 bits per heavy atom. The highest BCUT2D eigenvalue weighted by molar-refractivity contribution is 5.91. The number of hydrogen-bond acceptors (Lipinski definition) is 1. The lowest BCUT2D eigenvalue weighted by atomic mass is 9.97. The summed E-state index contributed by atoms with van der Waals surface area (Å²) in [7, 11) is 3.53. The van der Waals surface area contributed by atoms with Crippen molar-refractivity contribution in [3.8, 4) is 0 Å². The van der Waals surface area contributed by atoms with Crippen LogP contribution in [0.1, 0.15) is 36.5 Å². The first-order valence-corrected chi connectivity index (χ1v) is 6.54. The first-order chi connectivity index (χ1) is 8.56. The summed E-state index contributed by atoms with van der Waals surface area (Å²) in [6.07, 6.45) is 7.05.